The highest BCUT2D eigenvalue weighted by Gasteiger charge is 2.59. The van der Waals surface area contributed by atoms with E-state index >= 15 is 0 Å². The first-order valence-corrected chi connectivity index (χ1v) is 6.74. The topological polar surface area (TPSA) is 77.3 Å². The summed E-state index contributed by atoms with van der Waals surface area (Å²) < 4.78 is 63.6. The molecule has 0 heterocycles. The number of ketones is 2. The molecule has 24 heavy (non-hydrogen) atoms. The molecule has 1 aromatic carbocycles. The number of halogens is 5. The van der Waals surface area contributed by atoms with Crippen molar-refractivity contribution in [2.75, 3.05) is 0 Å². The molecule has 0 spiro atoms. The van der Waals surface area contributed by atoms with E-state index in [1.54, 1.807) is 0 Å². The number of rotatable bonds is 6. The summed E-state index contributed by atoms with van der Waals surface area (Å²) in [5.41, 5.74) is -3.51. The van der Waals surface area contributed by atoms with Gasteiger partial charge in [-0.1, -0.05) is 6.07 Å². The third kappa shape index (κ3) is 3.41. The molecule has 5 nitrogen and oxygen atoms in total. The van der Waals surface area contributed by atoms with E-state index in [1.165, 1.54) is 0 Å². The number of benzene rings is 1. The molecule has 0 N–H and O–H groups in total. The molecule has 1 aromatic rings. The predicted molar refractivity (Wildman–Crippen MR) is 69.7 cm³/mol. The second-order valence-corrected chi connectivity index (χ2v) is 5.40. The van der Waals surface area contributed by atoms with Crippen molar-refractivity contribution in [1.29, 1.82) is 0 Å². The smallest absolute Gasteiger partial charge is 0.299 e. The Balaban J connectivity index is 2.38. The monoisotopic (exact) mass is 351 g/mol. The van der Waals surface area contributed by atoms with Gasteiger partial charge >= 0.3 is 12.1 Å². The van der Waals surface area contributed by atoms with Crippen LogP contribution in [-0.4, -0.2) is 22.7 Å². The first-order valence-electron chi connectivity index (χ1n) is 6.74. The van der Waals surface area contributed by atoms with Crippen molar-refractivity contribution >= 4 is 17.3 Å². The molecular weight excluding hydrogens is 341 g/mol. The third-order valence-corrected chi connectivity index (χ3v) is 3.58. The molecular formula is C14H10F5NO4. The molecule has 0 aliphatic heterocycles. The van der Waals surface area contributed by atoms with E-state index in [0.29, 0.717) is 25.0 Å². The minimum absolute atomic E-state index is 0.0162. The van der Waals surface area contributed by atoms with Crippen LogP contribution in [0, 0.1) is 16.0 Å². The Kier molecular flexibility index (Phi) is 4.42. The normalized spacial score (nSPS) is 15.2. The molecule has 10 heteroatoms. The fraction of sp³-hybridized carbons (Fsp3) is 0.429. The largest absolute Gasteiger partial charge is 0.458 e. The van der Waals surface area contributed by atoms with Gasteiger partial charge in [-0.05, 0) is 18.9 Å². The van der Waals surface area contributed by atoms with Crippen LogP contribution in [0.1, 0.15) is 35.2 Å². The van der Waals surface area contributed by atoms with E-state index in [4.69, 9.17) is 0 Å². The second-order valence-electron chi connectivity index (χ2n) is 5.40. The van der Waals surface area contributed by atoms with E-state index in [1.807, 2.05) is 0 Å². The summed E-state index contributed by atoms with van der Waals surface area (Å²) in [5, 5.41) is 10.9. The van der Waals surface area contributed by atoms with Crippen LogP contribution in [0.15, 0.2) is 18.2 Å². The van der Waals surface area contributed by atoms with Gasteiger partial charge in [-0.2, -0.15) is 22.0 Å². The average molecular weight is 351 g/mol. The van der Waals surface area contributed by atoms with E-state index < -0.39 is 51.8 Å². The van der Waals surface area contributed by atoms with E-state index in [-0.39, 0.29) is 12.0 Å². The Hall–Kier alpha value is -2.39. The maximum Gasteiger partial charge on any atom is 0.458 e. The number of carbonyl (C=O) groups is 2. The molecule has 1 aliphatic rings. The number of nitro groups is 1. The number of nitrogens with zero attached hydrogens (tertiary/aromatic N) is 1. The fourth-order valence-electron chi connectivity index (χ4n) is 2.08. The zero-order valence-corrected chi connectivity index (χ0v) is 11.9. The Morgan fingerprint density at radius 2 is 1.75 bits per heavy atom. The molecule has 0 radical (unpaired) electrons. The van der Waals surface area contributed by atoms with Crippen LogP contribution in [0.2, 0.25) is 0 Å². The van der Waals surface area contributed by atoms with Gasteiger partial charge in [-0.15, -0.1) is 0 Å². The Bertz CT molecular complexity index is 710. The molecule has 1 fully saturated rings. The molecule has 0 unspecified atom stereocenters. The lowest BCUT2D eigenvalue weighted by Crippen LogP contribution is -2.33. The molecule has 1 aliphatic carbocycles. The minimum atomic E-state index is -5.94. The number of hydrogen-bond donors (Lipinski definition) is 0. The summed E-state index contributed by atoms with van der Waals surface area (Å²) in [6.45, 7) is 0. The molecule has 0 saturated heterocycles. The van der Waals surface area contributed by atoms with Crippen molar-refractivity contribution in [1.82, 2.24) is 0 Å². The van der Waals surface area contributed by atoms with Crippen LogP contribution in [0.25, 0.3) is 0 Å². The van der Waals surface area contributed by atoms with Gasteiger partial charge < -0.3 is 0 Å². The van der Waals surface area contributed by atoms with Crippen LogP contribution < -0.4 is 0 Å². The van der Waals surface area contributed by atoms with Gasteiger partial charge in [-0.25, -0.2) is 0 Å². The van der Waals surface area contributed by atoms with Crippen LogP contribution in [-0.2, 0) is 10.7 Å². The first-order chi connectivity index (χ1) is 10.9. The first kappa shape index (κ1) is 18.0. The Morgan fingerprint density at radius 1 is 1.17 bits per heavy atom. The lowest BCUT2D eigenvalue weighted by molar-refractivity contribution is -0.385. The standard InChI is InChI=1S/C14H10F5NO4/c15-13(16,14(17,18)19)8-3-4-9(10(5-8)20(23)24)12(22)6-11(21)7-1-2-7/h3-5,7H,1-2,6H2. The summed E-state index contributed by atoms with van der Waals surface area (Å²) in [5.74, 6) is -7.01. The predicted octanol–water partition coefficient (Wildman–Crippen LogP) is 3.80. The molecule has 1 saturated carbocycles. The Labute approximate surface area is 131 Å². The van der Waals surface area contributed by atoms with E-state index in [0.717, 1.165) is 0 Å². The maximum atomic E-state index is 13.3. The number of carbonyl (C=O) groups excluding carboxylic acids is 2. The van der Waals surface area contributed by atoms with Gasteiger partial charge in [0.05, 0.1) is 16.9 Å². The van der Waals surface area contributed by atoms with Crippen molar-refractivity contribution in [2.45, 2.75) is 31.4 Å². The number of hydrogen-bond acceptors (Lipinski definition) is 4. The van der Waals surface area contributed by atoms with Gasteiger partial charge in [0.15, 0.2) is 5.78 Å². The quantitative estimate of drug-likeness (QED) is 0.257. The van der Waals surface area contributed by atoms with E-state index in [9.17, 15) is 41.7 Å². The number of alkyl halides is 5. The number of Topliss-reactive ketones (excluding diaryl/α,β-unsaturated/α-hetero) is 2. The highest BCUT2D eigenvalue weighted by molar-refractivity contribution is 6.11. The molecule has 0 bridgehead atoms. The maximum absolute atomic E-state index is 13.3. The third-order valence-electron chi connectivity index (χ3n) is 3.58. The molecule has 2 rings (SSSR count). The summed E-state index contributed by atoms with van der Waals surface area (Å²) in [7, 11) is 0. The van der Waals surface area contributed by atoms with E-state index in [2.05, 4.69) is 0 Å². The van der Waals surface area contributed by atoms with Gasteiger partial charge in [0, 0.05) is 17.5 Å². The zero-order valence-electron chi connectivity index (χ0n) is 11.9. The lowest BCUT2D eigenvalue weighted by Gasteiger charge is -2.19. The van der Waals surface area contributed by atoms with Crippen LogP contribution in [0.3, 0.4) is 0 Å². The molecule has 0 amide bonds. The van der Waals surface area contributed by atoms with Gasteiger partial charge in [0.25, 0.3) is 5.69 Å². The summed E-state index contributed by atoms with van der Waals surface area (Å²) in [4.78, 5) is 33.2. The van der Waals surface area contributed by atoms with Crippen molar-refractivity contribution in [2.24, 2.45) is 5.92 Å². The van der Waals surface area contributed by atoms with Crippen LogP contribution in [0.4, 0.5) is 27.6 Å². The summed E-state index contributed by atoms with van der Waals surface area (Å²) in [6, 6.07) is 0.841. The van der Waals surface area contributed by atoms with Crippen molar-refractivity contribution in [3.8, 4) is 0 Å². The second kappa shape index (κ2) is 5.91. The fourth-order valence-corrected chi connectivity index (χ4v) is 2.08. The molecule has 0 aromatic heterocycles. The van der Waals surface area contributed by atoms with Crippen molar-refractivity contribution in [3.63, 3.8) is 0 Å². The highest BCUT2D eigenvalue weighted by Crippen LogP contribution is 2.45. The van der Waals surface area contributed by atoms with Crippen LogP contribution >= 0.6 is 0 Å². The van der Waals surface area contributed by atoms with Crippen LogP contribution in [0.5, 0.6) is 0 Å². The summed E-state index contributed by atoms with van der Waals surface area (Å²) >= 11 is 0. The SMILES string of the molecule is O=C(CC(=O)C1CC1)c1ccc(C(F)(F)C(F)(F)F)cc1[N+](=O)[O-]. The van der Waals surface area contributed by atoms with Crippen molar-refractivity contribution < 1.29 is 36.5 Å². The molecule has 130 valence electrons. The number of nitro benzene ring substituents is 1. The minimum Gasteiger partial charge on any atom is -0.299 e. The highest BCUT2D eigenvalue weighted by atomic mass is 19.4. The summed E-state index contributed by atoms with van der Waals surface area (Å²) in [6.07, 6.45) is -5.38. The molecule has 0 atom stereocenters. The average Bonchev–Trinajstić information content (AvgIpc) is 3.29. The van der Waals surface area contributed by atoms with Gasteiger partial charge in [0.1, 0.15) is 5.78 Å². The van der Waals surface area contributed by atoms with Gasteiger partial charge in [-0.3, -0.25) is 19.7 Å². The van der Waals surface area contributed by atoms with Gasteiger partial charge in [0.2, 0.25) is 0 Å². The lowest BCUT2D eigenvalue weighted by atomic mass is 9.98. The zero-order chi connectivity index (χ0) is 18.3. The Morgan fingerprint density at radius 3 is 2.21 bits per heavy atom. The van der Waals surface area contributed by atoms with Crippen molar-refractivity contribution in [3.05, 3.63) is 39.4 Å².